The predicted molar refractivity (Wildman–Crippen MR) is 42.1 cm³/mol. The van der Waals surface area contributed by atoms with Crippen molar-refractivity contribution in [1.29, 1.82) is 0 Å². The van der Waals surface area contributed by atoms with Gasteiger partial charge in [-0.2, -0.15) is 4.79 Å². The summed E-state index contributed by atoms with van der Waals surface area (Å²) in [5, 5.41) is 26.8. The first-order valence-electron chi connectivity index (χ1n) is 3.55. The van der Waals surface area contributed by atoms with Crippen LogP contribution in [0.25, 0.3) is 0 Å². The van der Waals surface area contributed by atoms with Gasteiger partial charge in [-0.3, -0.25) is 25.7 Å². The Hall–Kier alpha value is -2.33. The lowest BCUT2D eigenvalue weighted by atomic mass is 10.5. The van der Waals surface area contributed by atoms with Crippen LogP contribution in [0, 0.1) is 20.2 Å². The van der Waals surface area contributed by atoms with Crippen molar-refractivity contribution >= 4 is 0 Å². The fraction of sp³-hybridized carbons (Fsp3) is 0.500. The first kappa shape index (κ1) is 10.7. The fourth-order valence-corrected chi connectivity index (χ4v) is 0.670. The summed E-state index contributed by atoms with van der Waals surface area (Å²) < 4.78 is 13.1. The normalized spacial score (nSPS) is 11.0. The molecule has 0 aromatic carbocycles. The first-order chi connectivity index (χ1) is 6.97. The monoisotopic (exact) mass is 220 g/mol. The topological polar surface area (TPSA) is 129 Å². The number of rotatable bonds is 5. The quantitative estimate of drug-likeness (QED) is 0.291. The Bertz CT molecular complexity index is 351. The second kappa shape index (κ2) is 3.81. The van der Waals surface area contributed by atoms with Crippen LogP contribution in [0.3, 0.4) is 0 Å². The van der Waals surface area contributed by atoms with Crippen LogP contribution in [0.15, 0.2) is 12.4 Å². The van der Waals surface area contributed by atoms with E-state index in [0.717, 1.165) is 4.79 Å². The number of nitrogens with one attached hydrogen (secondary N) is 1. The van der Waals surface area contributed by atoms with Crippen LogP contribution in [-0.2, 0) is 0 Å². The minimum Gasteiger partial charge on any atom is -0.291 e. The van der Waals surface area contributed by atoms with E-state index in [1.54, 1.807) is 0 Å². The summed E-state index contributed by atoms with van der Waals surface area (Å²) in [6.07, 6.45) is 2.42. The Kier molecular flexibility index (Phi) is 2.73. The maximum atomic E-state index is 13.1. The maximum Gasteiger partial charge on any atom is 0.633 e. The van der Waals surface area contributed by atoms with Crippen LogP contribution in [0.2, 0.25) is 0 Å². The fourth-order valence-electron chi connectivity index (χ4n) is 0.670. The van der Waals surface area contributed by atoms with Crippen LogP contribution in [0.1, 0.15) is 0 Å². The van der Waals surface area contributed by atoms with E-state index < -0.39 is 22.3 Å². The molecule has 0 fully saturated rings. The Morgan fingerprint density at radius 3 is 2.47 bits per heavy atom. The molecule has 1 heterocycles. The van der Waals surface area contributed by atoms with Crippen LogP contribution in [0.4, 0.5) is 4.39 Å². The first-order valence-corrected chi connectivity index (χ1v) is 3.55. The molecule has 0 spiro atoms. The molecule has 0 amide bonds. The summed E-state index contributed by atoms with van der Waals surface area (Å²) in [6, 6.07) is 0. The van der Waals surface area contributed by atoms with E-state index in [1.807, 2.05) is 5.43 Å². The van der Waals surface area contributed by atoms with Gasteiger partial charge in [0.1, 0.15) is 9.85 Å². The lowest BCUT2D eigenvalue weighted by Crippen LogP contribution is -2.49. The molecule has 0 saturated heterocycles. The minimum absolute atomic E-state index is 0.821. The number of aromatic nitrogens is 3. The van der Waals surface area contributed by atoms with Gasteiger partial charge in [0.05, 0.1) is 12.4 Å². The zero-order valence-electron chi connectivity index (χ0n) is 7.11. The van der Waals surface area contributed by atoms with Crippen molar-refractivity contribution in [1.82, 2.24) is 15.1 Å². The zero-order valence-corrected chi connectivity index (χ0v) is 7.11. The maximum absolute atomic E-state index is 13.1. The SMILES string of the molecule is O=[N+]([O-])C(F)(CNn1ccnn1)[N+](=O)[O-]. The highest BCUT2D eigenvalue weighted by Gasteiger charge is 2.58. The molecule has 15 heavy (non-hydrogen) atoms. The summed E-state index contributed by atoms with van der Waals surface area (Å²) >= 11 is 0. The second-order valence-electron chi connectivity index (χ2n) is 2.42. The van der Waals surface area contributed by atoms with Crippen LogP contribution in [0.5, 0.6) is 0 Å². The Balaban J connectivity index is 2.69. The van der Waals surface area contributed by atoms with Crippen molar-refractivity contribution in [3.63, 3.8) is 0 Å². The van der Waals surface area contributed by atoms with Gasteiger partial charge in [0, 0.05) is 0 Å². The number of halogens is 1. The molecular weight excluding hydrogens is 215 g/mol. The molecule has 0 bridgehead atoms. The van der Waals surface area contributed by atoms with E-state index in [1.165, 1.54) is 12.4 Å². The summed E-state index contributed by atoms with van der Waals surface area (Å²) in [5.74, 6) is -3.79. The lowest BCUT2D eigenvalue weighted by Gasteiger charge is -2.09. The largest absolute Gasteiger partial charge is 0.633 e. The predicted octanol–water partition coefficient (Wildman–Crippen LogP) is -1.00. The van der Waals surface area contributed by atoms with Crippen molar-refractivity contribution in [3.8, 4) is 0 Å². The third-order valence-corrected chi connectivity index (χ3v) is 1.45. The molecular formula is C4H5FN6O4. The smallest absolute Gasteiger partial charge is 0.291 e. The van der Waals surface area contributed by atoms with Crippen LogP contribution in [-0.4, -0.2) is 37.4 Å². The van der Waals surface area contributed by atoms with Crippen molar-refractivity contribution in [2.75, 3.05) is 12.0 Å². The van der Waals surface area contributed by atoms with Gasteiger partial charge < -0.3 is 0 Å². The Morgan fingerprint density at radius 1 is 1.47 bits per heavy atom. The molecule has 11 heteroatoms. The molecule has 82 valence electrons. The summed E-state index contributed by atoms with van der Waals surface area (Å²) in [4.78, 5) is 17.8. The van der Waals surface area contributed by atoms with Gasteiger partial charge in [-0.05, 0) is 5.21 Å². The van der Waals surface area contributed by atoms with Gasteiger partial charge in [0.2, 0.25) is 6.54 Å². The minimum atomic E-state index is -3.79. The van der Waals surface area contributed by atoms with E-state index in [0.29, 0.717) is 0 Å². The highest BCUT2D eigenvalue weighted by molar-refractivity contribution is 4.74. The van der Waals surface area contributed by atoms with Gasteiger partial charge in [-0.1, -0.05) is 4.39 Å². The van der Waals surface area contributed by atoms with Gasteiger partial charge in [0.25, 0.3) is 0 Å². The van der Waals surface area contributed by atoms with Crippen molar-refractivity contribution in [3.05, 3.63) is 32.6 Å². The molecule has 0 saturated carbocycles. The molecule has 10 nitrogen and oxygen atoms in total. The highest BCUT2D eigenvalue weighted by Crippen LogP contribution is 2.11. The summed E-state index contributed by atoms with van der Waals surface area (Å²) in [6.45, 7) is -1.16. The Labute approximate surface area is 80.9 Å². The second-order valence-corrected chi connectivity index (χ2v) is 2.42. The molecule has 0 radical (unpaired) electrons. The van der Waals surface area contributed by atoms with E-state index in [4.69, 9.17) is 0 Å². The van der Waals surface area contributed by atoms with Crippen molar-refractivity contribution in [2.45, 2.75) is 5.92 Å². The van der Waals surface area contributed by atoms with Crippen LogP contribution >= 0.6 is 0 Å². The number of hydrogen-bond donors (Lipinski definition) is 1. The van der Waals surface area contributed by atoms with Gasteiger partial charge >= 0.3 is 5.92 Å². The zero-order chi connectivity index (χ0) is 11.5. The van der Waals surface area contributed by atoms with E-state index in [-0.39, 0.29) is 0 Å². The van der Waals surface area contributed by atoms with E-state index in [9.17, 15) is 24.6 Å². The van der Waals surface area contributed by atoms with E-state index in [2.05, 4.69) is 10.3 Å². The average molecular weight is 220 g/mol. The Morgan fingerprint density at radius 2 is 2.07 bits per heavy atom. The number of nitrogens with zero attached hydrogens (tertiary/aromatic N) is 5. The van der Waals surface area contributed by atoms with Gasteiger partial charge in [0.15, 0.2) is 0 Å². The molecule has 0 aliphatic heterocycles. The molecule has 1 rings (SSSR count). The molecule has 1 aromatic heterocycles. The van der Waals surface area contributed by atoms with Crippen molar-refractivity contribution < 1.29 is 14.2 Å². The van der Waals surface area contributed by atoms with E-state index >= 15 is 0 Å². The number of hydrogen-bond acceptors (Lipinski definition) is 7. The standard InChI is InChI=1S/C4H5FN6O4/c5-4(10(12)13,11(14)15)3-7-9-2-1-6-8-9/h1-2,7H,3H2. The molecule has 1 aromatic rings. The highest BCUT2D eigenvalue weighted by atomic mass is 19.2. The van der Waals surface area contributed by atoms with Gasteiger partial charge in [-0.25, -0.2) is 0 Å². The summed E-state index contributed by atoms with van der Waals surface area (Å²) in [7, 11) is 0. The van der Waals surface area contributed by atoms with Gasteiger partial charge in [-0.15, -0.1) is 5.10 Å². The molecule has 0 aliphatic carbocycles. The molecule has 0 aliphatic rings. The number of alkyl halides is 1. The third kappa shape index (κ3) is 2.12. The number of nitro groups is 2. The third-order valence-electron chi connectivity index (χ3n) is 1.45. The molecule has 0 atom stereocenters. The van der Waals surface area contributed by atoms with Crippen molar-refractivity contribution in [2.24, 2.45) is 0 Å². The summed E-state index contributed by atoms with van der Waals surface area (Å²) in [5.41, 5.74) is 2.01. The lowest BCUT2D eigenvalue weighted by molar-refractivity contribution is -0.826. The molecule has 0 unspecified atom stereocenters. The average Bonchev–Trinajstić information content (AvgIpc) is 2.65. The molecule has 1 N–H and O–H groups in total. The van der Waals surface area contributed by atoms with Crippen LogP contribution < -0.4 is 5.43 Å².